The first-order valence-corrected chi connectivity index (χ1v) is 6.62. The molecule has 0 saturated heterocycles. The summed E-state index contributed by atoms with van der Waals surface area (Å²) in [7, 11) is 0. The lowest BCUT2D eigenvalue weighted by atomic mass is 9.90. The molecule has 0 bridgehead atoms. The number of amides is 3. The van der Waals surface area contributed by atoms with Gasteiger partial charge in [-0.3, -0.25) is 14.4 Å². The highest BCUT2D eigenvalue weighted by Gasteiger charge is 2.21. The number of aliphatic hydroxyl groups excluding tert-OH is 1. The van der Waals surface area contributed by atoms with Crippen LogP contribution in [-0.2, 0) is 6.61 Å². The van der Waals surface area contributed by atoms with Crippen LogP contribution in [0.4, 0.5) is 0 Å². The number of hydrogen-bond donors (Lipinski definition) is 4. The molecule has 2 aromatic rings. The van der Waals surface area contributed by atoms with E-state index < -0.39 is 17.7 Å². The number of carbonyl (C=O) groups excluding carboxylic acids is 3. The monoisotopic (exact) mass is 313 g/mol. The molecule has 2 aromatic carbocycles. The Morgan fingerprint density at radius 2 is 1.30 bits per heavy atom. The summed E-state index contributed by atoms with van der Waals surface area (Å²) in [6.07, 6.45) is 0. The fraction of sp³-hybridized carbons (Fsp3) is 0.0625. The molecular formula is C16H15N3O4. The number of carbonyl (C=O) groups is 3. The maximum absolute atomic E-state index is 11.7. The Labute approximate surface area is 131 Å². The predicted octanol–water partition coefficient (Wildman–Crippen LogP) is 0.143. The lowest BCUT2D eigenvalue weighted by Crippen LogP contribution is -2.21. The summed E-state index contributed by atoms with van der Waals surface area (Å²) >= 11 is 0. The highest BCUT2D eigenvalue weighted by atomic mass is 16.3. The van der Waals surface area contributed by atoms with E-state index in [2.05, 4.69) is 0 Å². The summed E-state index contributed by atoms with van der Waals surface area (Å²) in [4.78, 5) is 34.9. The normalized spacial score (nSPS) is 10.3. The predicted molar refractivity (Wildman–Crippen MR) is 83.4 cm³/mol. The second kappa shape index (κ2) is 6.29. The van der Waals surface area contributed by atoms with E-state index in [-0.39, 0.29) is 28.9 Å². The van der Waals surface area contributed by atoms with E-state index in [1.54, 1.807) is 24.3 Å². The Kier molecular flexibility index (Phi) is 4.42. The lowest BCUT2D eigenvalue weighted by Gasteiger charge is -2.13. The second-order valence-corrected chi connectivity index (χ2v) is 4.89. The van der Waals surface area contributed by atoms with Crippen LogP contribution in [0.1, 0.15) is 36.6 Å². The average Bonchev–Trinajstić information content (AvgIpc) is 2.53. The summed E-state index contributed by atoms with van der Waals surface area (Å²) in [5.41, 5.74) is 17.2. The summed E-state index contributed by atoms with van der Waals surface area (Å²) in [5, 5.41) is 9.08. The molecule has 0 saturated carbocycles. The quantitative estimate of drug-likeness (QED) is 0.621. The van der Waals surface area contributed by atoms with Crippen LogP contribution in [0.25, 0.3) is 11.1 Å². The molecule has 2 rings (SSSR count). The molecule has 0 aliphatic heterocycles. The van der Waals surface area contributed by atoms with Crippen LogP contribution in [0.5, 0.6) is 0 Å². The summed E-state index contributed by atoms with van der Waals surface area (Å²) in [6.45, 7) is -0.147. The van der Waals surface area contributed by atoms with Crippen molar-refractivity contribution in [1.29, 1.82) is 0 Å². The molecule has 23 heavy (non-hydrogen) atoms. The molecule has 0 fully saturated rings. The summed E-state index contributed by atoms with van der Waals surface area (Å²) < 4.78 is 0. The van der Waals surface area contributed by atoms with Crippen LogP contribution in [0, 0.1) is 0 Å². The molecule has 0 aliphatic carbocycles. The molecule has 0 aliphatic rings. The van der Waals surface area contributed by atoms with E-state index in [9.17, 15) is 14.4 Å². The SMILES string of the molecule is NC(=O)c1cc(C(N)=O)c(-c2ccc(CO)cc2)c(C(N)=O)c1. The minimum absolute atomic E-state index is 0.0353. The Balaban J connectivity index is 2.79. The van der Waals surface area contributed by atoms with Gasteiger partial charge < -0.3 is 22.3 Å². The van der Waals surface area contributed by atoms with Gasteiger partial charge in [-0.15, -0.1) is 0 Å². The van der Waals surface area contributed by atoms with E-state index in [1.807, 2.05) is 0 Å². The largest absolute Gasteiger partial charge is 0.392 e. The van der Waals surface area contributed by atoms with E-state index >= 15 is 0 Å². The van der Waals surface area contributed by atoms with Gasteiger partial charge in [-0.05, 0) is 23.3 Å². The maximum atomic E-state index is 11.7. The molecular weight excluding hydrogens is 298 g/mol. The van der Waals surface area contributed by atoms with Gasteiger partial charge in [-0.25, -0.2) is 0 Å². The first-order valence-electron chi connectivity index (χ1n) is 6.62. The molecule has 0 spiro atoms. The van der Waals surface area contributed by atoms with Gasteiger partial charge in [0.05, 0.1) is 6.61 Å². The number of benzene rings is 2. The van der Waals surface area contributed by atoms with Crippen LogP contribution in [0.3, 0.4) is 0 Å². The molecule has 3 amide bonds. The van der Waals surface area contributed by atoms with Crippen LogP contribution in [-0.4, -0.2) is 22.8 Å². The van der Waals surface area contributed by atoms with E-state index in [4.69, 9.17) is 22.3 Å². The van der Waals surface area contributed by atoms with Gasteiger partial charge in [0.2, 0.25) is 17.7 Å². The van der Waals surface area contributed by atoms with Crippen LogP contribution in [0.15, 0.2) is 36.4 Å². The van der Waals surface area contributed by atoms with Crippen molar-refractivity contribution in [1.82, 2.24) is 0 Å². The van der Waals surface area contributed by atoms with Gasteiger partial charge in [-0.1, -0.05) is 24.3 Å². The highest BCUT2D eigenvalue weighted by Crippen LogP contribution is 2.29. The minimum Gasteiger partial charge on any atom is -0.392 e. The zero-order valence-corrected chi connectivity index (χ0v) is 12.1. The van der Waals surface area contributed by atoms with Crippen LogP contribution >= 0.6 is 0 Å². The van der Waals surface area contributed by atoms with Gasteiger partial charge in [0.25, 0.3) is 0 Å². The molecule has 0 unspecified atom stereocenters. The van der Waals surface area contributed by atoms with Crippen molar-refractivity contribution in [3.05, 3.63) is 58.7 Å². The van der Waals surface area contributed by atoms with Crippen LogP contribution < -0.4 is 17.2 Å². The fourth-order valence-electron chi connectivity index (χ4n) is 2.26. The van der Waals surface area contributed by atoms with Crippen molar-refractivity contribution in [2.24, 2.45) is 17.2 Å². The van der Waals surface area contributed by atoms with E-state index in [0.717, 1.165) is 0 Å². The number of primary amides is 3. The molecule has 7 N–H and O–H groups in total. The molecule has 0 aromatic heterocycles. The number of aliphatic hydroxyl groups is 1. The highest BCUT2D eigenvalue weighted by molar-refractivity contribution is 6.11. The van der Waals surface area contributed by atoms with Crippen molar-refractivity contribution in [2.75, 3.05) is 0 Å². The van der Waals surface area contributed by atoms with Gasteiger partial charge in [0.15, 0.2) is 0 Å². The van der Waals surface area contributed by atoms with E-state index in [0.29, 0.717) is 11.1 Å². The number of hydrogen-bond acceptors (Lipinski definition) is 4. The average molecular weight is 313 g/mol. The Bertz CT molecular complexity index is 762. The lowest BCUT2D eigenvalue weighted by molar-refractivity contribution is 0.0999. The fourth-order valence-corrected chi connectivity index (χ4v) is 2.26. The number of nitrogens with two attached hydrogens (primary N) is 3. The van der Waals surface area contributed by atoms with Gasteiger partial charge >= 0.3 is 0 Å². The second-order valence-electron chi connectivity index (χ2n) is 4.89. The van der Waals surface area contributed by atoms with Crippen LogP contribution in [0.2, 0.25) is 0 Å². The third kappa shape index (κ3) is 3.19. The molecule has 7 heteroatoms. The minimum atomic E-state index is -0.822. The summed E-state index contributed by atoms with van der Waals surface area (Å²) in [6, 6.07) is 8.95. The summed E-state index contributed by atoms with van der Waals surface area (Å²) in [5.74, 6) is -2.45. The molecule has 7 nitrogen and oxygen atoms in total. The van der Waals surface area contributed by atoms with Crippen molar-refractivity contribution in [3.63, 3.8) is 0 Å². The molecule has 0 radical (unpaired) electrons. The Hall–Kier alpha value is -3.19. The molecule has 0 atom stereocenters. The van der Waals surface area contributed by atoms with Crippen molar-refractivity contribution >= 4 is 17.7 Å². The van der Waals surface area contributed by atoms with Crippen molar-refractivity contribution in [3.8, 4) is 11.1 Å². The third-order valence-corrected chi connectivity index (χ3v) is 3.38. The third-order valence-electron chi connectivity index (χ3n) is 3.38. The van der Waals surface area contributed by atoms with Crippen molar-refractivity contribution in [2.45, 2.75) is 6.61 Å². The maximum Gasteiger partial charge on any atom is 0.249 e. The smallest absolute Gasteiger partial charge is 0.249 e. The Morgan fingerprint density at radius 3 is 1.65 bits per heavy atom. The van der Waals surface area contributed by atoms with Gasteiger partial charge in [0, 0.05) is 22.3 Å². The molecule has 0 heterocycles. The van der Waals surface area contributed by atoms with Gasteiger partial charge in [-0.2, -0.15) is 0 Å². The topological polar surface area (TPSA) is 150 Å². The standard InChI is InChI=1S/C16H15N3O4/c17-14(21)10-5-11(15(18)22)13(12(6-10)16(19)23)9-3-1-8(7-20)2-4-9/h1-6,20H,7H2,(H2,17,21)(H2,18,22)(H2,19,23). The first-order chi connectivity index (χ1) is 10.8. The molecule has 118 valence electrons. The van der Waals surface area contributed by atoms with E-state index in [1.165, 1.54) is 12.1 Å². The zero-order chi connectivity index (χ0) is 17.1. The zero-order valence-electron chi connectivity index (χ0n) is 12.1. The van der Waals surface area contributed by atoms with Crippen molar-refractivity contribution < 1.29 is 19.5 Å². The Morgan fingerprint density at radius 1 is 0.826 bits per heavy atom. The van der Waals surface area contributed by atoms with Gasteiger partial charge in [0.1, 0.15) is 0 Å². The number of rotatable bonds is 5. The first kappa shape index (κ1) is 16.2.